The fourth-order valence-electron chi connectivity index (χ4n) is 5.36. The van der Waals surface area contributed by atoms with E-state index in [1.54, 1.807) is 35.0 Å². The van der Waals surface area contributed by atoms with Gasteiger partial charge in [0.15, 0.2) is 11.4 Å². The molecule has 24 heteroatoms. The zero-order valence-corrected chi connectivity index (χ0v) is 31.4. The Hall–Kier alpha value is -5.20. The van der Waals surface area contributed by atoms with Crippen LogP contribution in [0.1, 0.15) is 44.1 Å². The second-order valence-corrected chi connectivity index (χ2v) is 14.3. The van der Waals surface area contributed by atoms with Crippen molar-refractivity contribution >= 4 is 78.1 Å². The number of carboxylic acids is 3. The molecule has 0 radical (unpaired) electrons. The molecule has 1 aromatic carbocycles. The Balaban J connectivity index is 1.30. The maximum atomic E-state index is 13.7. The number of ether oxygens (including phenoxy) is 2. The van der Waals surface area contributed by atoms with Crippen molar-refractivity contribution in [1.29, 1.82) is 0 Å². The molecule has 0 saturated carbocycles. The summed E-state index contributed by atoms with van der Waals surface area (Å²) in [6.07, 6.45) is -2.74. The third-order valence-electron chi connectivity index (χ3n) is 8.07. The molecule has 4 atom stereocenters. The van der Waals surface area contributed by atoms with Crippen LogP contribution in [0.3, 0.4) is 0 Å². The van der Waals surface area contributed by atoms with Gasteiger partial charge in [-0.1, -0.05) is 34.6 Å². The SMILES string of the molecule is O=C(O)CC1COCC(NC(=O)C(=NOCc2csc(C(=NOCc3ccccc3C(=O)O)C(=O)NC3COCC(CC(=O)O)OB3O)c2)c2cccs2)B(O)O1. The van der Waals surface area contributed by atoms with Gasteiger partial charge in [-0.2, -0.15) is 0 Å². The predicted octanol–water partition coefficient (Wildman–Crippen LogP) is 0.139. The van der Waals surface area contributed by atoms with E-state index < -0.39 is 80.9 Å². The highest BCUT2D eigenvalue weighted by atomic mass is 32.1. The molecule has 2 amide bonds. The predicted molar refractivity (Wildman–Crippen MR) is 200 cm³/mol. The smallest absolute Gasteiger partial charge is 0.480 e. The molecule has 2 aliphatic heterocycles. The Labute approximate surface area is 332 Å². The van der Waals surface area contributed by atoms with Crippen molar-refractivity contribution in [3.63, 3.8) is 0 Å². The van der Waals surface area contributed by atoms with Crippen LogP contribution in [0.5, 0.6) is 0 Å². The van der Waals surface area contributed by atoms with E-state index >= 15 is 0 Å². The molecule has 57 heavy (non-hydrogen) atoms. The number of oxime groups is 2. The minimum atomic E-state index is -1.63. The van der Waals surface area contributed by atoms with Gasteiger partial charge in [-0.05, 0) is 29.0 Å². The van der Waals surface area contributed by atoms with Crippen LogP contribution in [-0.2, 0) is 60.8 Å². The van der Waals surface area contributed by atoms with Gasteiger partial charge >= 0.3 is 32.1 Å². The Morgan fingerprint density at radius 1 is 0.737 bits per heavy atom. The van der Waals surface area contributed by atoms with Crippen molar-refractivity contribution in [3.05, 3.63) is 79.7 Å². The zero-order valence-electron chi connectivity index (χ0n) is 29.8. The molecule has 2 fully saturated rings. The largest absolute Gasteiger partial charge is 0.481 e. The Morgan fingerprint density at radius 2 is 1.30 bits per heavy atom. The van der Waals surface area contributed by atoms with E-state index in [9.17, 15) is 39.1 Å². The van der Waals surface area contributed by atoms with Gasteiger partial charge < -0.3 is 64.5 Å². The normalized spacial score (nSPS) is 20.5. The average molecular weight is 830 g/mol. The second-order valence-electron chi connectivity index (χ2n) is 12.4. The van der Waals surface area contributed by atoms with Crippen LogP contribution < -0.4 is 10.6 Å². The lowest BCUT2D eigenvalue weighted by Crippen LogP contribution is -2.52. The molecule has 0 bridgehead atoms. The van der Waals surface area contributed by atoms with Gasteiger partial charge in [-0.15, -0.1) is 22.7 Å². The summed E-state index contributed by atoms with van der Waals surface area (Å²) >= 11 is 2.24. The zero-order chi connectivity index (χ0) is 40.9. The number of aromatic carboxylic acids is 1. The number of benzene rings is 1. The van der Waals surface area contributed by atoms with E-state index in [1.807, 2.05) is 0 Å². The monoisotopic (exact) mass is 830 g/mol. The first-order chi connectivity index (χ1) is 27.4. The first kappa shape index (κ1) is 42.9. The van der Waals surface area contributed by atoms with Crippen LogP contribution in [0.2, 0.25) is 0 Å². The van der Waals surface area contributed by atoms with Gasteiger partial charge in [-0.25, -0.2) is 4.79 Å². The summed E-state index contributed by atoms with van der Waals surface area (Å²) in [6, 6.07) is 10.9. The van der Waals surface area contributed by atoms with Crippen molar-refractivity contribution in [3.8, 4) is 0 Å². The minimum Gasteiger partial charge on any atom is -0.481 e. The van der Waals surface area contributed by atoms with Crippen LogP contribution in [0.25, 0.3) is 0 Å². The number of aliphatic carboxylic acids is 2. The molecule has 2 saturated heterocycles. The molecule has 302 valence electrons. The van der Waals surface area contributed by atoms with E-state index in [2.05, 4.69) is 20.9 Å². The van der Waals surface area contributed by atoms with E-state index in [-0.39, 0.29) is 67.1 Å². The fraction of sp³-hybridized carbons (Fsp3) is 0.364. The molecule has 2 aromatic heterocycles. The van der Waals surface area contributed by atoms with Gasteiger partial charge in [-0.3, -0.25) is 19.2 Å². The molecular weight excluding hydrogens is 794 g/mol. The lowest BCUT2D eigenvalue weighted by molar-refractivity contribution is -0.140. The number of amides is 2. The number of nitrogens with one attached hydrogen (secondary N) is 2. The maximum Gasteiger partial charge on any atom is 0.480 e. The van der Waals surface area contributed by atoms with Gasteiger partial charge in [0.1, 0.15) is 13.2 Å². The molecule has 2 aliphatic rings. The van der Waals surface area contributed by atoms with E-state index in [4.69, 9.17) is 38.7 Å². The van der Waals surface area contributed by atoms with E-state index in [0.717, 1.165) is 11.3 Å². The quantitative estimate of drug-likeness (QED) is 0.0541. The van der Waals surface area contributed by atoms with Crippen LogP contribution in [0.15, 0.2) is 63.5 Å². The fourth-order valence-corrected chi connectivity index (χ4v) is 6.94. The maximum absolute atomic E-state index is 13.7. The summed E-state index contributed by atoms with van der Waals surface area (Å²) in [7, 11) is -3.20. The number of thiophene rings is 2. The standard InChI is InChI=1S/C33H36B2N4O16S2/c40-27(41)9-20-13-50-15-25(34(48)54-20)36-31(44)29(23-6-3-7-56-23)38-52-11-18-8-24(57-17-18)30(39-53-12-19-4-1-2-5-22(19)33(46)47)32(45)37-26-16-51-14-21(10-28(42)43)55-35(26)49/h1-8,17,20-21,25-26,48-49H,9-16H2,(H,36,44)(H,37,45)(H,40,41)(H,42,43)(H,46,47). The molecule has 7 N–H and O–H groups in total. The number of nitrogens with zero attached hydrogens (tertiary/aromatic N) is 2. The van der Waals surface area contributed by atoms with E-state index in [0.29, 0.717) is 10.4 Å². The van der Waals surface area contributed by atoms with Crippen molar-refractivity contribution in [2.45, 2.75) is 50.1 Å². The summed E-state index contributed by atoms with van der Waals surface area (Å²) in [6.45, 7) is -1.17. The highest BCUT2D eigenvalue weighted by Crippen LogP contribution is 2.20. The number of hydrogen-bond acceptors (Lipinski definition) is 17. The minimum absolute atomic E-state index is 0.0336. The van der Waals surface area contributed by atoms with E-state index in [1.165, 1.54) is 29.5 Å². The molecule has 5 rings (SSSR count). The Morgan fingerprint density at radius 3 is 1.84 bits per heavy atom. The van der Waals surface area contributed by atoms with Crippen molar-refractivity contribution in [2.75, 3.05) is 26.4 Å². The van der Waals surface area contributed by atoms with Crippen molar-refractivity contribution < 1.29 is 77.8 Å². The summed E-state index contributed by atoms with van der Waals surface area (Å²) in [4.78, 5) is 72.6. The van der Waals surface area contributed by atoms with Crippen molar-refractivity contribution in [2.24, 2.45) is 10.3 Å². The highest BCUT2D eigenvalue weighted by molar-refractivity contribution is 7.13. The highest BCUT2D eigenvalue weighted by Gasteiger charge is 2.38. The lowest BCUT2D eigenvalue weighted by Gasteiger charge is -2.19. The molecule has 3 aromatic rings. The first-order valence-corrected chi connectivity index (χ1v) is 18.8. The number of carbonyl (C=O) groups excluding carboxylic acids is 2. The second kappa shape index (κ2) is 20.8. The topological polar surface area (TPSA) is 291 Å². The molecule has 0 spiro atoms. The molecule has 20 nitrogen and oxygen atoms in total. The van der Waals surface area contributed by atoms with Crippen molar-refractivity contribution in [1.82, 2.24) is 10.6 Å². The third-order valence-corrected chi connectivity index (χ3v) is 9.94. The van der Waals surface area contributed by atoms with Gasteiger partial charge in [0.2, 0.25) is 0 Å². The van der Waals surface area contributed by atoms with Gasteiger partial charge in [0, 0.05) is 11.1 Å². The summed E-state index contributed by atoms with van der Waals surface area (Å²) in [5.74, 6) is -7.30. The number of carboxylic acid groups (broad SMARTS) is 3. The first-order valence-electron chi connectivity index (χ1n) is 17.1. The summed E-state index contributed by atoms with van der Waals surface area (Å²) in [5.41, 5.74) is 0.293. The van der Waals surface area contributed by atoms with Gasteiger partial charge in [0.05, 0.1) is 78.7 Å². The molecule has 4 unspecified atom stereocenters. The van der Waals surface area contributed by atoms with Crippen LogP contribution >= 0.6 is 22.7 Å². The summed E-state index contributed by atoms with van der Waals surface area (Å²) < 4.78 is 21.6. The average Bonchev–Trinajstić information content (AvgIpc) is 3.80. The van der Waals surface area contributed by atoms with Crippen LogP contribution in [0, 0.1) is 0 Å². The number of hydrogen-bond donors (Lipinski definition) is 7. The number of carbonyl (C=O) groups is 5. The Bertz CT molecular complexity index is 1950. The number of rotatable bonds is 17. The lowest BCUT2D eigenvalue weighted by atomic mass is 9.79. The molecular formula is C33H36B2N4O16S2. The van der Waals surface area contributed by atoms with Gasteiger partial charge in [0.25, 0.3) is 11.8 Å². The molecule has 0 aliphatic carbocycles. The van der Waals surface area contributed by atoms with Crippen LogP contribution in [-0.4, -0.2) is 131 Å². The Kier molecular flexibility index (Phi) is 15.7. The summed E-state index contributed by atoms with van der Waals surface area (Å²) in [5, 5.41) is 65.4. The third kappa shape index (κ3) is 12.6. The molecule has 4 heterocycles. The van der Waals surface area contributed by atoms with Crippen LogP contribution in [0.4, 0.5) is 0 Å².